The van der Waals surface area contributed by atoms with Crippen LogP contribution in [0, 0.1) is 0 Å². The van der Waals surface area contributed by atoms with Crippen LogP contribution >= 0.6 is 0 Å². The third-order valence-electron chi connectivity index (χ3n) is 4.39. The van der Waals surface area contributed by atoms with Gasteiger partial charge in [-0.3, -0.25) is 0 Å². The van der Waals surface area contributed by atoms with Crippen LogP contribution in [0.2, 0.25) is 0 Å². The van der Waals surface area contributed by atoms with Crippen molar-refractivity contribution >= 4 is 5.97 Å². The van der Waals surface area contributed by atoms with Gasteiger partial charge in [-0.1, -0.05) is 42.5 Å². The molecular weight excluding hydrogens is 324 g/mol. The monoisotopic (exact) mass is 344 g/mol. The van der Waals surface area contributed by atoms with Crippen molar-refractivity contribution in [3.63, 3.8) is 0 Å². The van der Waals surface area contributed by atoms with Gasteiger partial charge in [0.2, 0.25) is 0 Å². The molecule has 0 amide bonds. The highest BCUT2D eigenvalue weighted by Gasteiger charge is 2.31. The van der Waals surface area contributed by atoms with Crippen molar-refractivity contribution < 1.29 is 30.0 Å². The zero-order valence-electron chi connectivity index (χ0n) is 13.5. The number of aliphatic hydroxyl groups excluding tert-OH is 4. The summed E-state index contributed by atoms with van der Waals surface area (Å²) in [6.45, 7) is -0.821. The van der Waals surface area contributed by atoms with Gasteiger partial charge < -0.3 is 25.2 Å². The molecule has 3 rings (SSSR count). The van der Waals surface area contributed by atoms with Gasteiger partial charge in [0.15, 0.2) is 6.10 Å². The van der Waals surface area contributed by atoms with E-state index in [1.165, 1.54) is 11.1 Å². The number of carbonyl (C=O) groups is 1. The van der Waals surface area contributed by atoms with E-state index in [4.69, 9.17) is 9.84 Å². The molecule has 0 radical (unpaired) electrons. The van der Waals surface area contributed by atoms with Crippen molar-refractivity contribution in [2.75, 3.05) is 6.61 Å². The lowest BCUT2D eigenvalue weighted by molar-refractivity contribution is -0.167. The van der Waals surface area contributed by atoms with Gasteiger partial charge in [-0.15, -0.1) is 0 Å². The first-order valence-corrected chi connectivity index (χ1v) is 8.03. The number of rotatable bonds is 6. The van der Waals surface area contributed by atoms with Gasteiger partial charge in [0.25, 0.3) is 0 Å². The maximum atomic E-state index is 11.8. The summed E-state index contributed by atoms with van der Waals surface area (Å²) >= 11 is 0. The van der Waals surface area contributed by atoms with E-state index in [2.05, 4.69) is 12.1 Å². The molecule has 0 saturated heterocycles. The molecule has 1 aliphatic carbocycles. The van der Waals surface area contributed by atoms with E-state index in [1.54, 1.807) is 0 Å². The first kappa shape index (κ1) is 17.6. The molecule has 4 N–H and O–H groups in total. The Kier molecular flexibility index (Phi) is 5.15. The maximum absolute atomic E-state index is 11.8. The van der Waals surface area contributed by atoms with Crippen LogP contribution in [0.15, 0.2) is 42.5 Å². The van der Waals surface area contributed by atoms with E-state index >= 15 is 0 Å². The fourth-order valence-electron chi connectivity index (χ4n) is 2.99. The highest BCUT2D eigenvalue weighted by molar-refractivity contribution is 5.77. The largest absolute Gasteiger partial charge is 0.459 e. The summed E-state index contributed by atoms with van der Waals surface area (Å²) in [6.07, 6.45) is -4.51. The number of esters is 1. The van der Waals surface area contributed by atoms with E-state index < -0.39 is 30.9 Å². The quantitative estimate of drug-likeness (QED) is 0.482. The van der Waals surface area contributed by atoms with Gasteiger partial charge in [0.05, 0.1) is 6.61 Å². The van der Waals surface area contributed by atoms with E-state index in [9.17, 15) is 20.1 Å². The van der Waals surface area contributed by atoms with Crippen molar-refractivity contribution in [2.24, 2.45) is 0 Å². The minimum absolute atomic E-state index is 0.0541. The second kappa shape index (κ2) is 7.33. The summed E-state index contributed by atoms with van der Waals surface area (Å²) < 4.78 is 5.00. The van der Waals surface area contributed by atoms with Crippen molar-refractivity contribution in [1.29, 1.82) is 0 Å². The Bertz CT molecular complexity index is 772. The van der Waals surface area contributed by atoms with E-state index in [-0.39, 0.29) is 6.61 Å². The Labute approximate surface area is 144 Å². The molecule has 0 spiro atoms. The van der Waals surface area contributed by atoms with Crippen molar-refractivity contribution in [2.45, 2.75) is 31.3 Å². The number of benzene rings is 2. The average Bonchev–Trinajstić information content (AvgIpc) is 3.01. The number of hydrogen-bond acceptors (Lipinski definition) is 6. The average molecular weight is 344 g/mol. The van der Waals surface area contributed by atoms with Crippen LogP contribution in [0.5, 0.6) is 0 Å². The molecule has 0 saturated carbocycles. The molecule has 0 bridgehead atoms. The summed E-state index contributed by atoms with van der Waals surface area (Å²) in [4.78, 5) is 11.8. The Morgan fingerprint density at radius 2 is 1.76 bits per heavy atom. The van der Waals surface area contributed by atoms with E-state index in [0.29, 0.717) is 0 Å². The highest BCUT2D eigenvalue weighted by Crippen LogP contribution is 2.36. The highest BCUT2D eigenvalue weighted by atomic mass is 16.5. The van der Waals surface area contributed by atoms with Gasteiger partial charge in [0.1, 0.15) is 18.8 Å². The van der Waals surface area contributed by atoms with Crippen LogP contribution in [0.4, 0.5) is 0 Å². The zero-order valence-corrected chi connectivity index (χ0v) is 13.5. The lowest BCUT2D eigenvalue weighted by atomic mass is 10.0. The predicted molar refractivity (Wildman–Crippen MR) is 89.6 cm³/mol. The third-order valence-corrected chi connectivity index (χ3v) is 4.39. The van der Waals surface area contributed by atoms with Crippen molar-refractivity contribution in [3.05, 3.63) is 59.2 Å². The van der Waals surface area contributed by atoms with Gasteiger partial charge in [-0.05, 0) is 34.2 Å². The molecule has 2 aromatic carbocycles. The Balaban J connectivity index is 1.64. The second-order valence-electron chi connectivity index (χ2n) is 6.12. The minimum atomic E-state index is -1.92. The first-order valence-electron chi connectivity index (χ1n) is 8.03. The Hall–Kier alpha value is -2.25. The number of ether oxygens (including phenoxy) is 1. The van der Waals surface area contributed by atoms with Gasteiger partial charge in [0, 0.05) is 0 Å². The summed E-state index contributed by atoms with van der Waals surface area (Å²) in [6, 6.07) is 13.9. The Morgan fingerprint density at radius 3 is 2.52 bits per heavy atom. The third kappa shape index (κ3) is 3.57. The van der Waals surface area contributed by atoms with Crippen LogP contribution in [-0.4, -0.2) is 51.3 Å². The molecule has 3 atom stereocenters. The van der Waals surface area contributed by atoms with Crippen molar-refractivity contribution in [3.8, 4) is 11.1 Å². The molecule has 2 aromatic rings. The first-order chi connectivity index (χ1) is 12.0. The molecule has 0 aromatic heterocycles. The minimum Gasteiger partial charge on any atom is -0.459 e. The lowest BCUT2D eigenvalue weighted by Gasteiger charge is -2.20. The summed E-state index contributed by atoms with van der Waals surface area (Å²) in [5.74, 6) is -1.05. The number of hydrogen-bond donors (Lipinski definition) is 4. The predicted octanol–water partition coefficient (Wildman–Crippen LogP) is 0.376. The molecule has 0 fully saturated rings. The molecule has 0 unspecified atom stereocenters. The molecule has 6 heteroatoms. The summed E-state index contributed by atoms with van der Waals surface area (Å²) in [5, 5.41) is 37.2. The summed E-state index contributed by atoms with van der Waals surface area (Å²) in [7, 11) is 0. The fraction of sp³-hybridized carbons (Fsp3) is 0.316. The van der Waals surface area contributed by atoms with Crippen LogP contribution in [0.25, 0.3) is 11.1 Å². The summed E-state index contributed by atoms with van der Waals surface area (Å²) in [5.41, 5.74) is 5.53. The molecule has 1 aliphatic rings. The number of fused-ring (bicyclic) bond motifs is 3. The SMILES string of the molecule is O=C(OCc1ccc2c(c1)Cc1ccccc1-2)[C@@H](O)[C@H](O)[C@@H](O)CO. The molecule has 6 nitrogen and oxygen atoms in total. The standard InChI is InChI=1S/C19H20O6/c20-9-16(21)17(22)18(23)19(24)25-10-11-5-6-15-13(7-11)8-12-3-1-2-4-14(12)15/h1-7,16-18,20-23H,8-10H2/t16-,17+,18-/m0/s1. The molecule has 0 heterocycles. The van der Waals surface area contributed by atoms with E-state index in [0.717, 1.165) is 23.1 Å². The lowest BCUT2D eigenvalue weighted by Crippen LogP contribution is -2.44. The molecule has 132 valence electrons. The van der Waals surface area contributed by atoms with Crippen LogP contribution in [0.1, 0.15) is 16.7 Å². The molecule has 0 aliphatic heterocycles. The van der Waals surface area contributed by atoms with Crippen LogP contribution in [-0.2, 0) is 22.6 Å². The van der Waals surface area contributed by atoms with E-state index in [1.807, 2.05) is 30.3 Å². The topological polar surface area (TPSA) is 107 Å². The molecule has 25 heavy (non-hydrogen) atoms. The second-order valence-corrected chi connectivity index (χ2v) is 6.12. The van der Waals surface area contributed by atoms with Crippen LogP contribution < -0.4 is 0 Å². The molecular formula is C19H20O6. The van der Waals surface area contributed by atoms with Gasteiger partial charge in [-0.25, -0.2) is 4.79 Å². The zero-order chi connectivity index (χ0) is 18.0. The fourth-order valence-corrected chi connectivity index (χ4v) is 2.99. The van der Waals surface area contributed by atoms with Gasteiger partial charge >= 0.3 is 5.97 Å². The number of carbonyl (C=O) groups excluding carboxylic acids is 1. The van der Waals surface area contributed by atoms with Crippen molar-refractivity contribution in [1.82, 2.24) is 0 Å². The Morgan fingerprint density at radius 1 is 1.04 bits per heavy atom. The normalized spacial score (nSPS) is 15.8. The van der Waals surface area contributed by atoms with Gasteiger partial charge in [-0.2, -0.15) is 0 Å². The smallest absolute Gasteiger partial charge is 0.338 e. The number of aliphatic hydroxyl groups is 4. The maximum Gasteiger partial charge on any atom is 0.338 e. The van der Waals surface area contributed by atoms with Crippen LogP contribution in [0.3, 0.4) is 0 Å².